The molecule has 2 N–H and O–H groups in total. The summed E-state index contributed by atoms with van der Waals surface area (Å²) in [4.78, 5) is 17.9. The average molecular weight is 531 g/mol. The van der Waals surface area contributed by atoms with Crippen molar-refractivity contribution in [2.24, 2.45) is 5.92 Å². The summed E-state index contributed by atoms with van der Waals surface area (Å²) in [6, 6.07) is 11.9. The van der Waals surface area contributed by atoms with Crippen molar-refractivity contribution in [3.05, 3.63) is 47.8 Å². The standard InChI is InChI=1S/C25H30N4O5S2/c1-4-34-19-8-10-20(11-9-19)36(31,32)29-13-5-6-18(15-29)24(30)27-21-14-17(7-12-23(21)33-3)22-16-35-25(26-2)28-22/h7-12,14,16,18H,4-6,13,15H2,1-3H3,(H,26,28)(H,27,30)/t18-/m0/s1. The molecule has 1 fully saturated rings. The number of carbonyl (C=O) groups is 1. The second-order valence-corrected chi connectivity index (χ2v) is 11.1. The number of ether oxygens (including phenoxy) is 2. The third kappa shape index (κ3) is 5.63. The van der Waals surface area contributed by atoms with Crippen LogP contribution < -0.4 is 20.1 Å². The van der Waals surface area contributed by atoms with Crippen molar-refractivity contribution in [1.29, 1.82) is 0 Å². The van der Waals surface area contributed by atoms with E-state index < -0.39 is 15.9 Å². The zero-order valence-electron chi connectivity index (χ0n) is 20.5. The Hall–Kier alpha value is -3.15. The number of piperidine rings is 1. The molecule has 1 atom stereocenters. The summed E-state index contributed by atoms with van der Waals surface area (Å²) in [5, 5.41) is 8.70. The number of benzene rings is 2. The van der Waals surface area contributed by atoms with Crippen LogP contribution in [0.2, 0.25) is 0 Å². The van der Waals surface area contributed by atoms with Crippen LogP contribution in [-0.2, 0) is 14.8 Å². The molecule has 4 rings (SSSR count). The van der Waals surface area contributed by atoms with Gasteiger partial charge in [-0.1, -0.05) is 0 Å². The number of sulfonamides is 1. The molecule has 1 amide bonds. The van der Waals surface area contributed by atoms with Gasteiger partial charge in [-0.05, 0) is 62.2 Å². The van der Waals surface area contributed by atoms with Crippen LogP contribution in [0.4, 0.5) is 10.8 Å². The van der Waals surface area contributed by atoms with Gasteiger partial charge >= 0.3 is 0 Å². The van der Waals surface area contributed by atoms with Crippen molar-refractivity contribution in [2.45, 2.75) is 24.7 Å². The molecule has 1 aliphatic rings. The van der Waals surface area contributed by atoms with Crippen molar-refractivity contribution in [2.75, 3.05) is 44.5 Å². The van der Waals surface area contributed by atoms with Gasteiger partial charge in [0.15, 0.2) is 5.13 Å². The van der Waals surface area contributed by atoms with Crippen LogP contribution in [0.3, 0.4) is 0 Å². The lowest BCUT2D eigenvalue weighted by Crippen LogP contribution is -2.43. The number of nitrogens with zero attached hydrogens (tertiary/aromatic N) is 2. The van der Waals surface area contributed by atoms with E-state index in [1.165, 1.54) is 15.6 Å². The molecule has 9 nitrogen and oxygen atoms in total. The first-order chi connectivity index (χ1) is 17.3. The maximum Gasteiger partial charge on any atom is 0.243 e. The number of hydrogen-bond acceptors (Lipinski definition) is 8. The fraction of sp³-hybridized carbons (Fsp3) is 0.360. The van der Waals surface area contributed by atoms with Crippen LogP contribution in [0.15, 0.2) is 52.7 Å². The number of amides is 1. The minimum Gasteiger partial charge on any atom is -0.495 e. The lowest BCUT2D eigenvalue weighted by atomic mass is 9.98. The number of methoxy groups -OCH3 is 1. The molecule has 0 spiro atoms. The number of anilines is 2. The van der Waals surface area contributed by atoms with Gasteiger partial charge in [0.05, 0.1) is 35.9 Å². The Morgan fingerprint density at radius 2 is 2.00 bits per heavy atom. The Labute approximate surface area is 215 Å². The van der Waals surface area contributed by atoms with Gasteiger partial charge in [-0.15, -0.1) is 11.3 Å². The normalized spacial score (nSPS) is 16.4. The van der Waals surface area contributed by atoms with Crippen LogP contribution >= 0.6 is 11.3 Å². The van der Waals surface area contributed by atoms with E-state index >= 15 is 0 Å². The lowest BCUT2D eigenvalue weighted by Gasteiger charge is -2.31. The molecule has 0 saturated carbocycles. The molecule has 1 saturated heterocycles. The summed E-state index contributed by atoms with van der Waals surface area (Å²) in [7, 11) is -0.377. The van der Waals surface area contributed by atoms with Gasteiger partial charge in [0.1, 0.15) is 11.5 Å². The fourth-order valence-electron chi connectivity index (χ4n) is 4.12. The topological polar surface area (TPSA) is 110 Å². The Kier molecular flexibility index (Phi) is 8.12. The average Bonchev–Trinajstić information content (AvgIpc) is 3.39. The molecule has 1 aliphatic heterocycles. The number of rotatable bonds is 9. The highest BCUT2D eigenvalue weighted by atomic mass is 32.2. The minimum atomic E-state index is -3.73. The Bertz CT molecular complexity index is 1310. The molecule has 0 radical (unpaired) electrons. The number of aromatic nitrogens is 1. The zero-order chi connectivity index (χ0) is 25.7. The van der Waals surface area contributed by atoms with Crippen LogP contribution in [0.25, 0.3) is 11.3 Å². The Morgan fingerprint density at radius 3 is 2.67 bits per heavy atom. The summed E-state index contributed by atoms with van der Waals surface area (Å²) in [5.74, 6) is 0.403. The molecule has 2 aromatic carbocycles. The van der Waals surface area contributed by atoms with E-state index in [1.807, 2.05) is 31.5 Å². The molecule has 0 unspecified atom stereocenters. The van der Waals surface area contributed by atoms with Crippen molar-refractivity contribution in [3.8, 4) is 22.8 Å². The molecule has 192 valence electrons. The summed E-state index contributed by atoms with van der Waals surface area (Å²) in [5.41, 5.74) is 2.14. The van der Waals surface area contributed by atoms with Gasteiger partial charge in [0, 0.05) is 31.1 Å². The third-order valence-electron chi connectivity index (χ3n) is 6.00. The van der Waals surface area contributed by atoms with Gasteiger partial charge in [-0.3, -0.25) is 4.79 Å². The van der Waals surface area contributed by atoms with E-state index in [1.54, 1.807) is 37.4 Å². The highest BCUT2D eigenvalue weighted by molar-refractivity contribution is 7.89. The van der Waals surface area contributed by atoms with Crippen molar-refractivity contribution >= 4 is 38.1 Å². The highest BCUT2D eigenvalue weighted by Crippen LogP contribution is 2.33. The number of carbonyl (C=O) groups excluding carboxylic acids is 1. The monoisotopic (exact) mass is 530 g/mol. The molecular weight excluding hydrogens is 500 g/mol. The molecule has 0 aliphatic carbocycles. The quantitative estimate of drug-likeness (QED) is 0.424. The summed E-state index contributed by atoms with van der Waals surface area (Å²) in [6.45, 7) is 2.86. The summed E-state index contributed by atoms with van der Waals surface area (Å²) < 4.78 is 38.7. The van der Waals surface area contributed by atoms with Gasteiger partial charge in [-0.25, -0.2) is 13.4 Å². The van der Waals surface area contributed by atoms with Gasteiger partial charge in [0.25, 0.3) is 0 Å². The van der Waals surface area contributed by atoms with Gasteiger partial charge in [0.2, 0.25) is 15.9 Å². The minimum absolute atomic E-state index is 0.112. The Balaban J connectivity index is 1.49. The second-order valence-electron chi connectivity index (χ2n) is 8.30. The van der Waals surface area contributed by atoms with Crippen molar-refractivity contribution in [3.63, 3.8) is 0 Å². The first-order valence-corrected chi connectivity index (χ1v) is 14.0. The third-order valence-corrected chi connectivity index (χ3v) is 8.74. The SMILES string of the molecule is CCOc1ccc(S(=O)(=O)N2CCC[C@H](C(=O)Nc3cc(-c4csc(NC)n4)ccc3OC)C2)cc1. The smallest absolute Gasteiger partial charge is 0.243 e. The first kappa shape index (κ1) is 25.9. The molecule has 11 heteroatoms. The molecule has 0 bridgehead atoms. The van der Waals surface area contributed by atoms with Crippen LogP contribution in [0, 0.1) is 5.92 Å². The van der Waals surface area contributed by atoms with E-state index in [9.17, 15) is 13.2 Å². The highest BCUT2D eigenvalue weighted by Gasteiger charge is 2.33. The molecule has 36 heavy (non-hydrogen) atoms. The molecule has 1 aromatic heterocycles. The van der Waals surface area contributed by atoms with Gasteiger partial charge in [-0.2, -0.15) is 4.31 Å². The largest absolute Gasteiger partial charge is 0.495 e. The van der Waals surface area contributed by atoms with E-state index in [2.05, 4.69) is 15.6 Å². The van der Waals surface area contributed by atoms with E-state index in [-0.39, 0.29) is 17.3 Å². The predicted molar refractivity (Wildman–Crippen MR) is 141 cm³/mol. The molecule has 2 heterocycles. The lowest BCUT2D eigenvalue weighted by molar-refractivity contribution is -0.120. The van der Waals surface area contributed by atoms with E-state index in [0.29, 0.717) is 43.2 Å². The van der Waals surface area contributed by atoms with E-state index in [4.69, 9.17) is 9.47 Å². The van der Waals surface area contributed by atoms with Crippen LogP contribution in [0.1, 0.15) is 19.8 Å². The zero-order valence-corrected chi connectivity index (χ0v) is 22.1. The molecule has 3 aromatic rings. The maximum absolute atomic E-state index is 13.2. The number of nitrogens with one attached hydrogen (secondary N) is 2. The summed E-state index contributed by atoms with van der Waals surface area (Å²) >= 11 is 1.49. The maximum atomic E-state index is 13.2. The molecular formula is C25H30N4O5S2. The Morgan fingerprint density at radius 1 is 1.22 bits per heavy atom. The number of thiazole rings is 1. The van der Waals surface area contributed by atoms with Crippen molar-refractivity contribution < 1.29 is 22.7 Å². The second kappa shape index (κ2) is 11.3. The number of hydrogen-bond donors (Lipinski definition) is 2. The first-order valence-electron chi connectivity index (χ1n) is 11.7. The van der Waals surface area contributed by atoms with Gasteiger partial charge < -0.3 is 20.1 Å². The van der Waals surface area contributed by atoms with E-state index in [0.717, 1.165) is 16.4 Å². The fourth-order valence-corrected chi connectivity index (χ4v) is 6.32. The van der Waals surface area contributed by atoms with Crippen LogP contribution in [0.5, 0.6) is 11.5 Å². The predicted octanol–water partition coefficient (Wildman–Crippen LogP) is 4.30. The summed E-state index contributed by atoms with van der Waals surface area (Å²) in [6.07, 6.45) is 1.19. The van der Waals surface area contributed by atoms with Crippen LogP contribution in [-0.4, -0.2) is 57.5 Å². The van der Waals surface area contributed by atoms with Crippen molar-refractivity contribution in [1.82, 2.24) is 9.29 Å².